The van der Waals surface area contributed by atoms with Gasteiger partial charge in [-0.25, -0.2) is 0 Å². The zero-order chi connectivity index (χ0) is 20.9. The summed E-state index contributed by atoms with van der Waals surface area (Å²) in [6.07, 6.45) is -4.35. The Morgan fingerprint density at radius 1 is 1.07 bits per heavy atom. The van der Waals surface area contributed by atoms with Crippen molar-refractivity contribution in [1.29, 1.82) is 0 Å². The highest BCUT2D eigenvalue weighted by molar-refractivity contribution is 5.98. The first-order chi connectivity index (χ1) is 13.8. The molecule has 0 amide bonds. The van der Waals surface area contributed by atoms with Gasteiger partial charge in [-0.05, 0) is 54.4 Å². The van der Waals surface area contributed by atoms with Crippen LogP contribution in [-0.2, 0) is 24.2 Å². The van der Waals surface area contributed by atoms with Crippen molar-refractivity contribution in [1.82, 2.24) is 15.2 Å². The van der Waals surface area contributed by atoms with Crippen molar-refractivity contribution in [2.75, 3.05) is 5.73 Å². The summed E-state index contributed by atoms with van der Waals surface area (Å²) in [5.74, 6) is 1.30. The van der Waals surface area contributed by atoms with Crippen molar-refractivity contribution in [2.24, 2.45) is 5.16 Å². The number of H-pyrrole nitrogens is 1. The van der Waals surface area contributed by atoms with Crippen LogP contribution < -0.4 is 10.5 Å². The van der Waals surface area contributed by atoms with E-state index in [1.807, 2.05) is 12.1 Å². The van der Waals surface area contributed by atoms with Gasteiger partial charge in [0.25, 0.3) is 0 Å². The van der Waals surface area contributed by atoms with Crippen molar-refractivity contribution in [2.45, 2.75) is 26.3 Å². The molecular weight excluding hydrogens is 387 g/mol. The molecule has 0 unspecified atom stereocenters. The van der Waals surface area contributed by atoms with Gasteiger partial charge in [0.15, 0.2) is 5.82 Å². The average Bonchev–Trinajstić information content (AvgIpc) is 3.11. The number of nitrogens with one attached hydrogen (secondary N) is 1. The van der Waals surface area contributed by atoms with Crippen LogP contribution in [0.1, 0.15) is 29.4 Å². The summed E-state index contributed by atoms with van der Waals surface area (Å²) in [6, 6.07) is 11.9. The van der Waals surface area contributed by atoms with Gasteiger partial charge < -0.3 is 15.3 Å². The number of aromatic nitrogens is 3. The van der Waals surface area contributed by atoms with Crippen LogP contribution in [0.2, 0.25) is 0 Å². The maximum absolute atomic E-state index is 12.6. The zero-order valence-corrected chi connectivity index (χ0v) is 15.4. The summed E-state index contributed by atoms with van der Waals surface area (Å²) >= 11 is 0. The molecule has 3 N–H and O–H groups in total. The van der Waals surface area contributed by atoms with Gasteiger partial charge in [0.2, 0.25) is 5.95 Å². The van der Waals surface area contributed by atoms with E-state index >= 15 is 0 Å². The second kappa shape index (κ2) is 8.63. The number of ether oxygens (including phenoxy) is 1. The third-order valence-electron chi connectivity index (χ3n) is 3.91. The first kappa shape index (κ1) is 20.2. The van der Waals surface area contributed by atoms with Crippen molar-refractivity contribution in [3.05, 3.63) is 71.0 Å². The van der Waals surface area contributed by atoms with E-state index in [0.717, 1.165) is 17.7 Å². The summed E-state index contributed by atoms with van der Waals surface area (Å²) in [7, 11) is 0. The molecule has 0 saturated heterocycles. The Kier molecular flexibility index (Phi) is 6.01. The predicted octanol–water partition coefficient (Wildman–Crippen LogP) is 3.93. The molecule has 0 aliphatic heterocycles. The summed E-state index contributed by atoms with van der Waals surface area (Å²) < 4.78 is 43.2. The Morgan fingerprint density at radius 2 is 1.76 bits per heavy atom. The molecule has 0 bridgehead atoms. The van der Waals surface area contributed by atoms with E-state index in [0.29, 0.717) is 22.8 Å². The normalized spacial score (nSPS) is 12.1. The highest BCUT2D eigenvalue weighted by Gasteiger charge is 2.29. The average molecular weight is 405 g/mol. The van der Waals surface area contributed by atoms with E-state index < -0.39 is 11.7 Å². The van der Waals surface area contributed by atoms with Crippen LogP contribution in [0.3, 0.4) is 0 Å². The van der Waals surface area contributed by atoms with E-state index in [1.54, 1.807) is 19.1 Å². The number of hydrogen-bond acceptors (Lipinski definition) is 6. The molecule has 29 heavy (non-hydrogen) atoms. The SMILES string of the molecule is C/C(=N\OCc1ccc(C(F)(F)F)cc1)c1ccc(OCc2nc(N)n[nH]2)cc1. The van der Waals surface area contributed by atoms with Crippen LogP contribution >= 0.6 is 0 Å². The summed E-state index contributed by atoms with van der Waals surface area (Å²) in [4.78, 5) is 9.19. The van der Waals surface area contributed by atoms with Crippen LogP contribution in [-0.4, -0.2) is 20.9 Å². The number of halogens is 3. The number of benzene rings is 2. The molecule has 10 heteroatoms. The Hall–Kier alpha value is -3.56. The van der Waals surface area contributed by atoms with Gasteiger partial charge in [0, 0.05) is 0 Å². The first-order valence-electron chi connectivity index (χ1n) is 8.54. The number of alkyl halides is 3. The van der Waals surface area contributed by atoms with Gasteiger partial charge in [-0.15, -0.1) is 5.10 Å². The molecule has 0 atom stereocenters. The molecule has 3 rings (SSSR count). The molecule has 0 spiro atoms. The highest BCUT2D eigenvalue weighted by atomic mass is 19.4. The molecular formula is C19H18F3N5O2. The van der Waals surface area contributed by atoms with Crippen LogP contribution in [0.4, 0.5) is 19.1 Å². The third-order valence-corrected chi connectivity index (χ3v) is 3.91. The van der Waals surface area contributed by atoms with Crippen LogP contribution in [0.25, 0.3) is 0 Å². The minimum absolute atomic E-state index is 0.0665. The van der Waals surface area contributed by atoms with Crippen molar-refractivity contribution in [3.8, 4) is 5.75 Å². The molecule has 152 valence electrons. The largest absolute Gasteiger partial charge is 0.486 e. The summed E-state index contributed by atoms with van der Waals surface area (Å²) in [5, 5.41) is 10.4. The molecule has 0 fully saturated rings. The van der Waals surface area contributed by atoms with Gasteiger partial charge in [0.1, 0.15) is 19.0 Å². The van der Waals surface area contributed by atoms with Gasteiger partial charge in [-0.3, -0.25) is 5.10 Å². The molecule has 0 aliphatic carbocycles. The second-order valence-corrected chi connectivity index (χ2v) is 6.10. The third kappa shape index (κ3) is 5.71. The molecule has 7 nitrogen and oxygen atoms in total. The molecule has 1 aromatic heterocycles. The first-order valence-corrected chi connectivity index (χ1v) is 8.54. The van der Waals surface area contributed by atoms with E-state index in [-0.39, 0.29) is 19.2 Å². The minimum atomic E-state index is -4.35. The monoisotopic (exact) mass is 405 g/mol. The Labute approximate surface area is 164 Å². The number of anilines is 1. The lowest BCUT2D eigenvalue weighted by atomic mass is 10.1. The lowest BCUT2D eigenvalue weighted by molar-refractivity contribution is -0.137. The van der Waals surface area contributed by atoms with Crippen molar-refractivity contribution < 1.29 is 22.7 Å². The number of nitrogens with two attached hydrogens (primary N) is 1. The molecule has 0 aliphatic rings. The lowest BCUT2D eigenvalue weighted by Gasteiger charge is -2.08. The number of aromatic amines is 1. The van der Waals surface area contributed by atoms with Gasteiger partial charge in [-0.2, -0.15) is 18.2 Å². The Morgan fingerprint density at radius 3 is 2.34 bits per heavy atom. The van der Waals surface area contributed by atoms with Crippen molar-refractivity contribution in [3.63, 3.8) is 0 Å². The van der Waals surface area contributed by atoms with E-state index in [1.165, 1.54) is 12.1 Å². The number of oxime groups is 1. The topological polar surface area (TPSA) is 98.4 Å². The van der Waals surface area contributed by atoms with Crippen LogP contribution in [0, 0.1) is 0 Å². The summed E-state index contributed by atoms with van der Waals surface area (Å²) in [6.45, 7) is 2.03. The standard InChI is InChI=1S/C19H18F3N5O2/c1-12(27-29-10-13-2-6-15(7-3-13)19(20,21)22)14-4-8-16(9-5-14)28-11-17-24-18(23)26-25-17/h2-9H,10-11H2,1H3,(H3,23,24,25,26)/b27-12+. The zero-order valence-electron chi connectivity index (χ0n) is 15.4. The fourth-order valence-corrected chi connectivity index (χ4v) is 2.36. The molecule has 2 aromatic carbocycles. The molecule has 1 heterocycles. The molecule has 0 saturated carbocycles. The second-order valence-electron chi connectivity index (χ2n) is 6.10. The van der Waals surface area contributed by atoms with E-state index in [9.17, 15) is 13.2 Å². The van der Waals surface area contributed by atoms with Gasteiger partial charge >= 0.3 is 6.18 Å². The maximum atomic E-state index is 12.6. The van der Waals surface area contributed by atoms with Crippen molar-refractivity contribution >= 4 is 11.7 Å². The summed E-state index contributed by atoms with van der Waals surface area (Å²) in [5.41, 5.74) is 6.74. The van der Waals surface area contributed by atoms with Gasteiger partial charge in [-0.1, -0.05) is 17.3 Å². The Balaban J connectivity index is 1.51. The molecule has 3 aromatic rings. The smallest absolute Gasteiger partial charge is 0.416 e. The number of hydrogen-bond donors (Lipinski definition) is 2. The minimum Gasteiger partial charge on any atom is -0.486 e. The van der Waals surface area contributed by atoms with Crippen LogP contribution in [0.5, 0.6) is 5.75 Å². The number of nitrogens with zero attached hydrogens (tertiary/aromatic N) is 3. The number of rotatable bonds is 7. The van der Waals surface area contributed by atoms with Gasteiger partial charge in [0.05, 0.1) is 11.3 Å². The quantitative estimate of drug-likeness (QED) is 0.459. The number of nitrogen functional groups attached to an aromatic ring is 1. The fourth-order valence-electron chi connectivity index (χ4n) is 2.36. The lowest BCUT2D eigenvalue weighted by Crippen LogP contribution is -2.04. The predicted molar refractivity (Wildman–Crippen MR) is 100 cm³/mol. The Bertz CT molecular complexity index is 967. The van der Waals surface area contributed by atoms with Crippen LogP contribution in [0.15, 0.2) is 53.7 Å². The molecule has 0 radical (unpaired) electrons. The fraction of sp³-hybridized carbons (Fsp3) is 0.211. The van der Waals surface area contributed by atoms with E-state index in [4.69, 9.17) is 15.3 Å². The maximum Gasteiger partial charge on any atom is 0.416 e. The van der Waals surface area contributed by atoms with E-state index in [2.05, 4.69) is 20.3 Å². The highest BCUT2D eigenvalue weighted by Crippen LogP contribution is 2.29.